The van der Waals surface area contributed by atoms with Crippen LogP contribution >= 0.6 is 0 Å². The second-order valence-electron chi connectivity index (χ2n) is 4.66. The van der Waals surface area contributed by atoms with E-state index in [1.807, 2.05) is 0 Å². The van der Waals surface area contributed by atoms with E-state index in [9.17, 15) is 9.90 Å². The van der Waals surface area contributed by atoms with Crippen molar-refractivity contribution in [2.45, 2.75) is 6.42 Å². The van der Waals surface area contributed by atoms with Gasteiger partial charge in [0.25, 0.3) is 5.91 Å². The quantitative estimate of drug-likeness (QED) is 0.848. The van der Waals surface area contributed by atoms with Crippen LogP contribution in [0.15, 0.2) is 12.1 Å². The zero-order chi connectivity index (χ0) is 13.2. The Morgan fingerprint density at radius 2 is 2.16 bits per heavy atom. The largest absolute Gasteiger partial charge is 0.507 e. The summed E-state index contributed by atoms with van der Waals surface area (Å²) < 4.78 is 15.6. The minimum atomic E-state index is -0.317. The van der Waals surface area contributed by atoms with Gasteiger partial charge in [0.05, 0.1) is 12.2 Å². The molecule has 1 aromatic rings. The van der Waals surface area contributed by atoms with Gasteiger partial charge in [-0.05, 0) is 6.42 Å². The second-order valence-corrected chi connectivity index (χ2v) is 4.66. The van der Waals surface area contributed by atoms with E-state index in [2.05, 4.69) is 5.32 Å². The smallest absolute Gasteiger partial charge is 0.255 e. The van der Waals surface area contributed by atoms with Crippen molar-refractivity contribution < 1.29 is 24.1 Å². The van der Waals surface area contributed by atoms with Gasteiger partial charge in [0.1, 0.15) is 5.75 Å². The number of nitrogens with one attached hydrogen (secondary N) is 1. The lowest BCUT2D eigenvalue weighted by atomic mass is 10.1. The van der Waals surface area contributed by atoms with E-state index in [1.54, 1.807) is 0 Å². The predicted molar refractivity (Wildman–Crippen MR) is 65.5 cm³/mol. The maximum Gasteiger partial charge on any atom is 0.255 e. The fourth-order valence-electron chi connectivity index (χ4n) is 2.19. The number of aromatic hydroxyl groups is 1. The number of carbonyl (C=O) groups is 1. The summed E-state index contributed by atoms with van der Waals surface area (Å²) in [5.41, 5.74) is 0.197. The second kappa shape index (κ2) is 4.97. The molecule has 6 nitrogen and oxygen atoms in total. The minimum Gasteiger partial charge on any atom is -0.507 e. The van der Waals surface area contributed by atoms with Gasteiger partial charge in [-0.2, -0.15) is 0 Å². The third-order valence-corrected chi connectivity index (χ3v) is 3.31. The van der Waals surface area contributed by atoms with Gasteiger partial charge in [-0.25, -0.2) is 0 Å². The van der Waals surface area contributed by atoms with Crippen molar-refractivity contribution in [1.29, 1.82) is 0 Å². The zero-order valence-corrected chi connectivity index (χ0v) is 10.3. The monoisotopic (exact) mass is 265 g/mol. The lowest BCUT2D eigenvalue weighted by molar-refractivity contribution is 0.0942. The van der Waals surface area contributed by atoms with Crippen LogP contribution in [0.2, 0.25) is 0 Å². The summed E-state index contributed by atoms with van der Waals surface area (Å²) in [6, 6.07) is 2.90. The van der Waals surface area contributed by atoms with E-state index < -0.39 is 0 Å². The molecule has 1 amide bonds. The Morgan fingerprint density at radius 3 is 2.89 bits per heavy atom. The summed E-state index contributed by atoms with van der Waals surface area (Å²) in [7, 11) is 0. The SMILES string of the molecule is O=C(NCC1CCOC1)c1cc2c(cc1O)OCO2. The third-order valence-electron chi connectivity index (χ3n) is 3.31. The van der Waals surface area contributed by atoms with Gasteiger partial charge < -0.3 is 24.6 Å². The molecule has 3 rings (SSSR count). The van der Waals surface area contributed by atoms with Gasteiger partial charge in [0, 0.05) is 31.2 Å². The molecule has 1 atom stereocenters. The molecular weight excluding hydrogens is 250 g/mol. The van der Waals surface area contributed by atoms with Crippen LogP contribution in [0.5, 0.6) is 17.2 Å². The predicted octanol–water partition coefficient (Wildman–Crippen LogP) is 0.887. The first-order valence-corrected chi connectivity index (χ1v) is 6.22. The average Bonchev–Trinajstić information content (AvgIpc) is 3.05. The lowest BCUT2D eigenvalue weighted by Crippen LogP contribution is -2.29. The number of carbonyl (C=O) groups excluding carboxylic acids is 1. The molecule has 0 spiro atoms. The molecule has 1 fully saturated rings. The Labute approximate surface area is 110 Å². The van der Waals surface area contributed by atoms with Gasteiger partial charge in [0.15, 0.2) is 11.5 Å². The van der Waals surface area contributed by atoms with Crippen molar-refractivity contribution in [1.82, 2.24) is 5.32 Å². The molecule has 19 heavy (non-hydrogen) atoms. The topological polar surface area (TPSA) is 77.0 Å². The number of rotatable bonds is 3. The van der Waals surface area contributed by atoms with Crippen LogP contribution in [0.3, 0.4) is 0 Å². The summed E-state index contributed by atoms with van der Waals surface area (Å²) in [4.78, 5) is 12.0. The molecule has 2 N–H and O–H groups in total. The van der Waals surface area contributed by atoms with Gasteiger partial charge in [-0.3, -0.25) is 4.79 Å². The Balaban J connectivity index is 1.69. The summed E-state index contributed by atoms with van der Waals surface area (Å²) in [5, 5.41) is 12.6. The molecule has 1 aromatic carbocycles. The molecule has 2 aliphatic rings. The number of phenolic OH excluding ortho intramolecular Hbond substituents is 1. The molecule has 102 valence electrons. The van der Waals surface area contributed by atoms with Crippen LogP contribution in [0, 0.1) is 5.92 Å². The van der Waals surface area contributed by atoms with Crippen molar-refractivity contribution in [3.63, 3.8) is 0 Å². The average molecular weight is 265 g/mol. The van der Waals surface area contributed by atoms with Crippen LogP contribution in [0.4, 0.5) is 0 Å². The Bertz CT molecular complexity index is 496. The molecule has 0 bridgehead atoms. The van der Waals surface area contributed by atoms with Crippen molar-refractivity contribution in [2.75, 3.05) is 26.6 Å². The van der Waals surface area contributed by atoms with Crippen LogP contribution in [0.25, 0.3) is 0 Å². The van der Waals surface area contributed by atoms with Gasteiger partial charge >= 0.3 is 0 Å². The Morgan fingerprint density at radius 1 is 1.37 bits per heavy atom. The number of hydrogen-bond acceptors (Lipinski definition) is 5. The first-order chi connectivity index (χ1) is 9.24. The normalized spacial score (nSPS) is 20.5. The van der Waals surface area contributed by atoms with Crippen LogP contribution < -0.4 is 14.8 Å². The molecule has 1 saturated heterocycles. The molecule has 0 aromatic heterocycles. The molecule has 2 heterocycles. The summed E-state index contributed by atoms with van der Waals surface area (Å²) >= 11 is 0. The maximum absolute atomic E-state index is 12.0. The van der Waals surface area contributed by atoms with E-state index >= 15 is 0 Å². The summed E-state index contributed by atoms with van der Waals surface area (Å²) in [6.07, 6.45) is 0.952. The van der Waals surface area contributed by atoms with Gasteiger partial charge in [0.2, 0.25) is 6.79 Å². The summed E-state index contributed by atoms with van der Waals surface area (Å²) in [6.45, 7) is 2.08. The highest BCUT2D eigenvalue weighted by Crippen LogP contribution is 2.37. The van der Waals surface area contributed by atoms with E-state index in [1.165, 1.54) is 12.1 Å². The van der Waals surface area contributed by atoms with E-state index in [-0.39, 0.29) is 24.0 Å². The highest BCUT2D eigenvalue weighted by molar-refractivity contribution is 5.97. The van der Waals surface area contributed by atoms with Gasteiger partial charge in [-0.15, -0.1) is 0 Å². The number of amides is 1. The summed E-state index contributed by atoms with van der Waals surface area (Å²) in [5.74, 6) is 0.859. The van der Waals surface area contributed by atoms with Crippen molar-refractivity contribution >= 4 is 5.91 Å². The van der Waals surface area contributed by atoms with Crippen molar-refractivity contribution in [3.05, 3.63) is 17.7 Å². The minimum absolute atomic E-state index is 0.107. The molecule has 1 unspecified atom stereocenters. The first kappa shape index (κ1) is 12.1. The standard InChI is InChI=1S/C13H15NO5/c15-10-4-12-11(18-7-19-12)3-9(10)13(16)14-5-8-1-2-17-6-8/h3-4,8,15H,1-2,5-7H2,(H,14,16). The molecule has 0 aliphatic carbocycles. The number of ether oxygens (including phenoxy) is 3. The van der Waals surface area contributed by atoms with E-state index in [0.29, 0.717) is 30.6 Å². The Kier molecular flexibility index (Phi) is 3.16. The number of fused-ring (bicyclic) bond motifs is 1. The number of benzene rings is 1. The molecule has 2 aliphatic heterocycles. The van der Waals surface area contributed by atoms with Crippen LogP contribution in [0.1, 0.15) is 16.8 Å². The molecule has 0 saturated carbocycles. The lowest BCUT2D eigenvalue weighted by Gasteiger charge is -2.10. The van der Waals surface area contributed by atoms with Crippen molar-refractivity contribution in [3.8, 4) is 17.2 Å². The maximum atomic E-state index is 12.0. The highest BCUT2D eigenvalue weighted by atomic mass is 16.7. The number of phenols is 1. The Hall–Kier alpha value is -1.95. The highest BCUT2D eigenvalue weighted by Gasteiger charge is 2.22. The molecule has 0 radical (unpaired) electrons. The zero-order valence-electron chi connectivity index (χ0n) is 10.3. The molecule has 6 heteroatoms. The number of hydrogen-bond donors (Lipinski definition) is 2. The third kappa shape index (κ3) is 2.44. The van der Waals surface area contributed by atoms with E-state index in [0.717, 1.165) is 13.0 Å². The van der Waals surface area contributed by atoms with Crippen molar-refractivity contribution in [2.24, 2.45) is 5.92 Å². The van der Waals surface area contributed by atoms with E-state index in [4.69, 9.17) is 14.2 Å². The van der Waals surface area contributed by atoms with Gasteiger partial charge in [-0.1, -0.05) is 0 Å². The fraction of sp³-hybridized carbons (Fsp3) is 0.462. The fourth-order valence-corrected chi connectivity index (χ4v) is 2.19. The van der Waals surface area contributed by atoms with Crippen LogP contribution in [-0.4, -0.2) is 37.6 Å². The molecular formula is C13H15NO5. The van der Waals surface area contributed by atoms with Crippen LogP contribution in [-0.2, 0) is 4.74 Å². The first-order valence-electron chi connectivity index (χ1n) is 6.22.